The van der Waals surface area contributed by atoms with E-state index < -0.39 is 0 Å². The van der Waals surface area contributed by atoms with Gasteiger partial charge in [-0.2, -0.15) is 5.26 Å². The smallest absolute Gasteiger partial charge is 0.159 e. The molecule has 0 unspecified atom stereocenters. The van der Waals surface area contributed by atoms with E-state index in [2.05, 4.69) is 6.07 Å². The SMILES string of the molecule is CC(=O)c1ccc(-c2ccc(OC(C)C)c(C#N)c2)cc1. The summed E-state index contributed by atoms with van der Waals surface area (Å²) in [6, 6.07) is 15.1. The Morgan fingerprint density at radius 3 is 2.24 bits per heavy atom. The molecule has 0 aromatic heterocycles. The van der Waals surface area contributed by atoms with Gasteiger partial charge >= 0.3 is 0 Å². The van der Waals surface area contributed by atoms with Crippen LogP contribution in [0.4, 0.5) is 0 Å². The van der Waals surface area contributed by atoms with E-state index in [0.717, 1.165) is 11.1 Å². The lowest BCUT2D eigenvalue weighted by molar-refractivity contribution is 0.101. The monoisotopic (exact) mass is 279 g/mol. The molecule has 3 heteroatoms. The molecule has 0 aliphatic rings. The van der Waals surface area contributed by atoms with Crippen molar-refractivity contribution in [1.29, 1.82) is 5.26 Å². The summed E-state index contributed by atoms with van der Waals surface area (Å²) in [5.41, 5.74) is 3.08. The van der Waals surface area contributed by atoms with Gasteiger partial charge in [0.05, 0.1) is 11.7 Å². The van der Waals surface area contributed by atoms with Crippen LogP contribution in [0.3, 0.4) is 0 Å². The largest absolute Gasteiger partial charge is 0.490 e. The minimum absolute atomic E-state index is 0.0257. The van der Waals surface area contributed by atoms with E-state index in [1.165, 1.54) is 0 Å². The van der Waals surface area contributed by atoms with Crippen LogP contribution in [0.15, 0.2) is 42.5 Å². The van der Waals surface area contributed by atoms with Gasteiger partial charge < -0.3 is 4.74 Å². The van der Waals surface area contributed by atoms with Crippen LogP contribution in [0.5, 0.6) is 5.75 Å². The Labute approximate surface area is 124 Å². The molecule has 0 aliphatic heterocycles. The van der Waals surface area contributed by atoms with Crippen molar-refractivity contribution >= 4 is 5.78 Å². The van der Waals surface area contributed by atoms with Crippen LogP contribution >= 0.6 is 0 Å². The number of carbonyl (C=O) groups excluding carboxylic acids is 1. The highest BCUT2D eigenvalue weighted by Gasteiger charge is 2.08. The van der Waals surface area contributed by atoms with Gasteiger partial charge in [0, 0.05) is 5.56 Å². The fourth-order valence-corrected chi connectivity index (χ4v) is 2.05. The molecule has 2 aromatic rings. The van der Waals surface area contributed by atoms with Crippen molar-refractivity contribution in [3.8, 4) is 22.9 Å². The van der Waals surface area contributed by atoms with Gasteiger partial charge in [0.25, 0.3) is 0 Å². The van der Waals surface area contributed by atoms with Crippen LogP contribution in [0.2, 0.25) is 0 Å². The highest BCUT2D eigenvalue weighted by molar-refractivity contribution is 5.94. The minimum atomic E-state index is 0.0257. The molecule has 0 atom stereocenters. The van der Waals surface area contributed by atoms with Crippen LogP contribution in [0.1, 0.15) is 36.7 Å². The molecule has 3 nitrogen and oxygen atoms in total. The molecule has 21 heavy (non-hydrogen) atoms. The summed E-state index contributed by atoms with van der Waals surface area (Å²) in [4.78, 5) is 11.3. The zero-order valence-corrected chi connectivity index (χ0v) is 12.4. The molecule has 0 radical (unpaired) electrons. The molecular weight excluding hydrogens is 262 g/mol. The molecule has 0 saturated carbocycles. The van der Waals surface area contributed by atoms with Crippen LogP contribution in [0, 0.1) is 11.3 Å². The Kier molecular flexibility index (Phi) is 4.39. The Bertz CT molecular complexity index is 694. The molecule has 0 N–H and O–H groups in total. The summed E-state index contributed by atoms with van der Waals surface area (Å²) < 4.78 is 5.61. The van der Waals surface area contributed by atoms with E-state index in [1.807, 2.05) is 38.1 Å². The molecule has 0 fully saturated rings. The van der Waals surface area contributed by atoms with Crippen molar-refractivity contribution in [2.24, 2.45) is 0 Å². The van der Waals surface area contributed by atoms with Gasteiger partial charge in [-0.3, -0.25) is 4.79 Å². The van der Waals surface area contributed by atoms with Crippen LogP contribution < -0.4 is 4.74 Å². The first kappa shape index (κ1) is 14.8. The second kappa shape index (κ2) is 6.23. The number of rotatable bonds is 4. The first-order chi connectivity index (χ1) is 10.0. The lowest BCUT2D eigenvalue weighted by atomic mass is 10.0. The van der Waals surface area contributed by atoms with E-state index in [9.17, 15) is 10.1 Å². The third-order valence-electron chi connectivity index (χ3n) is 3.09. The summed E-state index contributed by atoms with van der Waals surface area (Å²) in [6.45, 7) is 5.39. The van der Waals surface area contributed by atoms with Gasteiger partial charge in [-0.15, -0.1) is 0 Å². The Hall–Kier alpha value is -2.60. The molecule has 2 aromatic carbocycles. The molecule has 0 aliphatic carbocycles. The number of hydrogen-bond donors (Lipinski definition) is 0. The lowest BCUT2D eigenvalue weighted by Crippen LogP contribution is -2.06. The molecule has 0 amide bonds. The van der Waals surface area contributed by atoms with Gasteiger partial charge in [0.15, 0.2) is 5.78 Å². The maximum Gasteiger partial charge on any atom is 0.159 e. The van der Waals surface area contributed by atoms with Gasteiger partial charge in [0.2, 0.25) is 0 Å². The van der Waals surface area contributed by atoms with Gasteiger partial charge in [-0.25, -0.2) is 0 Å². The van der Waals surface area contributed by atoms with Gasteiger partial charge in [-0.1, -0.05) is 30.3 Å². The number of ketones is 1. The summed E-state index contributed by atoms with van der Waals surface area (Å²) in [5, 5.41) is 9.24. The summed E-state index contributed by atoms with van der Waals surface area (Å²) in [6.07, 6.45) is 0.0257. The van der Waals surface area contributed by atoms with E-state index in [1.54, 1.807) is 25.1 Å². The number of ether oxygens (including phenoxy) is 1. The number of nitriles is 1. The fraction of sp³-hybridized carbons (Fsp3) is 0.222. The Morgan fingerprint density at radius 2 is 1.71 bits per heavy atom. The summed E-state index contributed by atoms with van der Waals surface area (Å²) >= 11 is 0. The lowest BCUT2D eigenvalue weighted by Gasteiger charge is -2.12. The molecule has 0 saturated heterocycles. The fourth-order valence-electron chi connectivity index (χ4n) is 2.05. The highest BCUT2D eigenvalue weighted by Crippen LogP contribution is 2.27. The first-order valence-electron chi connectivity index (χ1n) is 6.83. The predicted octanol–water partition coefficient (Wildman–Crippen LogP) is 4.22. The predicted molar refractivity (Wildman–Crippen MR) is 82.4 cm³/mol. The van der Waals surface area contributed by atoms with Crippen LogP contribution in [-0.2, 0) is 0 Å². The quantitative estimate of drug-likeness (QED) is 0.787. The van der Waals surface area contributed by atoms with Gasteiger partial charge in [-0.05, 0) is 44.0 Å². The Morgan fingerprint density at radius 1 is 1.10 bits per heavy atom. The highest BCUT2D eigenvalue weighted by atomic mass is 16.5. The first-order valence-corrected chi connectivity index (χ1v) is 6.83. The zero-order chi connectivity index (χ0) is 15.4. The molecule has 0 spiro atoms. The van der Waals surface area contributed by atoms with Crippen molar-refractivity contribution in [2.75, 3.05) is 0 Å². The zero-order valence-electron chi connectivity index (χ0n) is 12.4. The van der Waals surface area contributed by atoms with Crippen molar-refractivity contribution in [3.05, 3.63) is 53.6 Å². The van der Waals surface area contributed by atoms with Gasteiger partial charge in [0.1, 0.15) is 11.8 Å². The van der Waals surface area contributed by atoms with E-state index >= 15 is 0 Å². The third-order valence-corrected chi connectivity index (χ3v) is 3.09. The Balaban J connectivity index is 2.36. The molecule has 106 valence electrons. The maximum absolute atomic E-state index is 11.3. The second-order valence-electron chi connectivity index (χ2n) is 5.12. The number of carbonyl (C=O) groups is 1. The van der Waals surface area contributed by atoms with Crippen molar-refractivity contribution < 1.29 is 9.53 Å². The molecular formula is C18H17NO2. The second-order valence-corrected chi connectivity index (χ2v) is 5.12. The van der Waals surface area contributed by atoms with E-state index in [0.29, 0.717) is 16.9 Å². The molecule has 0 bridgehead atoms. The van der Waals surface area contributed by atoms with Crippen LogP contribution in [0.25, 0.3) is 11.1 Å². The number of hydrogen-bond acceptors (Lipinski definition) is 3. The van der Waals surface area contributed by atoms with Crippen molar-refractivity contribution in [2.45, 2.75) is 26.9 Å². The summed E-state index contributed by atoms with van der Waals surface area (Å²) in [7, 11) is 0. The minimum Gasteiger partial charge on any atom is -0.490 e. The molecule has 2 rings (SSSR count). The number of benzene rings is 2. The van der Waals surface area contributed by atoms with E-state index in [4.69, 9.17) is 4.74 Å². The molecule has 0 heterocycles. The third kappa shape index (κ3) is 3.49. The normalized spacial score (nSPS) is 10.2. The number of Topliss-reactive ketones (excluding diaryl/α,β-unsaturated/α-hetero) is 1. The summed E-state index contributed by atoms with van der Waals surface area (Å²) in [5.74, 6) is 0.636. The van der Waals surface area contributed by atoms with E-state index in [-0.39, 0.29) is 11.9 Å². The van der Waals surface area contributed by atoms with Crippen LogP contribution in [-0.4, -0.2) is 11.9 Å². The topological polar surface area (TPSA) is 50.1 Å². The average molecular weight is 279 g/mol. The van der Waals surface area contributed by atoms with Crippen molar-refractivity contribution in [3.63, 3.8) is 0 Å². The van der Waals surface area contributed by atoms with Crippen molar-refractivity contribution in [1.82, 2.24) is 0 Å². The maximum atomic E-state index is 11.3. The average Bonchev–Trinajstić information content (AvgIpc) is 2.47. The number of nitrogens with zero attached hydrogens (tertiary/aromatic N) is 1. The standard InChI is InChI=1S/C18H17NO2/c1-12(2)21-18-9-8-16(10-17(18)11-19)15-6-4-14(5-7-15)13(3)20/h4-10,12H,1-3H3.